The van der Waals surface area contributed by atoms with Gasteiger partial charge in [-0.2, -0.15) is 0 Å². The van der Waals surface area contributed by atoms with Crippen molar-refractivity contribution < 1.29 is 4.79 Å². The molecule has 1 fully saturated rings. The predicted octanol–water partition coefficient (Wildman–Crippen LogP) is 4.61. The average Bonchev–Trinajstić information content (AvgIpc) is 2.70. The van der Waals surface area contributed by atoms with Gasteiger partial charge in [0.05, 0.1) is 0 Å². The number of nitrogens with one attached hydrogen (secondary N) is 1. The SMILES string of the molecule is CC1CCCCN1Cc1ccc(CNC(=O)CC(N)c2ccccc2)cc1.Cl.Cl. The molecule has 0 radical (unpaired) electrons. The second-order valence-corrected chi connectivity index (χ2v) is 7.63. The number of nitrogens with two attached hydrogens (primary N) is 1. The lowest BCUT2D eigenvalue weighted by atomic mass is 10.0. The first kappa shape index (κ1) is 25.4. The number of likely N-dealkylation sites (tertiary alicyclic amines) is 1. The fourth-order valence-corrected chi connectivity index (χ4v) is 3.68. The van der Waals surface area contributed by atoms with Gasteiger partial charge >= 0.3 is 0 Å². The molecule has 2 aromatic rings. The minimum Gasteiger partial charge on any atom is -0.352 e. The number of amides is 1. The van der Waals surface area contributed by atoms with E-state index in [0.29, 0.717) is 19.0 Å². The Hall–Kier alpha value is -1.59. The van der Waals surface area contributed by atoms with Gasteiger partial charge in [-0.3, -0.25) is 9.69 Å². The van der Waals surface area contributed by atoms with Gasteiger partial charge in [0.25, 0.3) is 0 Å². The van der Waals surface area contributed by atoms with Crippen LogP contribution in [0, 0.1) is 0 Å². The van der Waals surface area contributed by atoms with Crippen molar-refractivity contribution in [3.63, 3.8) is 0 Å². The zero-order valence-corrected chi connectivity index (χ0v) is 18.7. The highest BCUT2D eigenvalue weighted by atomic mass is 35.5. The number of carbonyl (C=O) groups is 1. The normalized spacial score (nSPS) is 17.5. The molecule has 0 saturated carbocycles. The average molecular weight is 438 g/mol. The quantitative estimate of drug-likeness (QED) is 0.664. The van der Waals surface area contributed by atoms with Crippen LogP contribution < -0.4 is 11.1 Å². The lowest BCUT2D eigenvalue weighted by Gasteiger charge is -2.33. The van der Waals surface area contributed by atoms with Gasteiger partial charge in [0.15, 0.2) is 0 Å². The van der Waals surface area contributed by atoms with Gasteiger partial charge in [-0.05, 0) is 43.0 Å². The third-order valence-corrected chi connectivity index (χ3v) is 5.47. The molecule has 0 aromatic heterocycles. The maximum absolute atomic E-state index is 12.2. The molecule has 0 aliphatic carbocycles. The number of hydrogen-bond acceptors (Lipinski definition) is 3. The molecule has 2 unspecified atom stereocenters. The van der Waals surface area contributed by atoms with E-state index in [0.717, 1.165) is 17.7 Å². The molecule has 0 spiro atoms. The summed E-state index contributed by atoms with van der Waals surface area (Å²) in [6, 6.07) is 18.7. The molecule has 1 aliphatic heterocycles. The van der Waals surface area contributed by atoms with Gasteiger partial charge in [-0.1, -0.05) is 61.0 Å². The van der Waals surface area contributed by atoms with Crippen molar-refractivity contribution in [1.29, 1.82) is 0 Å². The summed E-state index contributed by atoms with van der Waals surface area (Å²) in [6.07, 6.45) is 4.26. The van der Waals surface area contributed by atoms with Gasteiger partial charge in [-0.15, -0.1) is 24.8 Å². The van der Waals surface area contributed by atoms with Crippen molar-refractivity contribution in [3.05, 3.63) is 71.3 Å². The van der Waals surface area contributed by atoms with Crippen LogP contribution in [0.4, 0.5) is 0 Å². The minimum absolute atomic E-state index is 0. The minimum atomic E-state index is -0.264. The molecule has 2 atom stereocenters. The lowest BCUT2D eigenvalue weighted by Crippen LogP contribution is -2.36. The molecule has 6 heteroatoms. The van der Waals surface area contributed by atoms with Gasteiger partial charge in [0.1, 0.15) is 0 Å². The van der Waals surface area contributed by atoms with Crippen molar-refractivity contribution >= 4 is 30.7 Å². The fourth-order valence-electron chi connectivity index (χ4n) is 3.68. The highest BCUT2D eigenvalue weighted by molar-refractivity contribution is 5.85. The fraction of sp³-hybridized carbons (Fsp3) is 0.435. The van der Waals surface area contributed by atoms with E-state index in [1.807, 2.05) is 30.3 Å². The van der Waals surface area contributed by atoms with Crippen LogP contribution in [0.15, 0.2) is 54.6 Å². The van der Waals surface area contributed by atoms with E-state index < -0.39 is 0 Å². The highest BCUT2D eigenvalue weighted by Gasteiger charge is 2.18. The van der Waals surface area contributed by atoms with E-state index in [1.54, 1.807) is 0 Å². The molecule has 2 aromatic carbocycles. The van der Waals surface area contributed by atoms with Gasteiger partial charge in [-0.25, -0.2) is 0 Å². The van der Waals surface area contributed by atoms with Crippen LogP contribution in [0.2, 0.25) is 0 Å². The maximum atomic E-state index is 12.2. The Labute approximate surface area is 187 Å². The van der Waals surface area contributed by atoms with Crippen molar-refractivity contribution in [2.75, 3.05) is 6.54 Å². The van der Waals surface area contributed by atoms with E-state index in [4.69, 9.17) is 5.73 Å². The van der Waals surface area contributed by atoms with Crippen LogP contribution in [0.5, 0.6) is 0 Å². The second kappa shape index (κ2) is 12.9. The van der Waals surface area contributed by atoms with E-state index >= 15 is 0 Å². The van der Waals surface area contributed by atoms with Crippen molar-refractivity contribution in [2.45, 2.75) is 57.8 Å². The second-order valence-electron chi connectivity index (χ2n) is 7.63. The summed E-state index contributed by atoms with van der Waals surface area (Å²) in [6.45, 7) is 5.07. The van der Waals surface area contributed by atoms with Gasteiger partial charge < -0.3 is 11.1 Å². The number of benzene rings is 2. The summed E-state index contributed by atoms with van der Waals surface area (Å²) >= 11 is 0. The third-order valence-electron chi connectivity index (χ3n) is 5.47. The number of halogens is 2. The summed E-state index contributed by atoms with van der Waals surface area (Å²) < 4.78 is 0. The monoisotopic (exact) mass is 437 g/mol. The van der Waals surface area contributed by atoms with Crippen LogP contribution in [0.1, 0.15) is 55.3 Å². The molecule has 160 valence electrons. The lowest BCUT2D eigenvalue weighted by molar-refractivity contribution is -0.121. The topological polar surface area (TPSA) is 58.4 Å². The van der Waals surface area contributed by atoms with Gasteiger partial charge in [0.2, 0.25) is 5.91 Å². The molecule has 1 aliphatic rings. The number of nitrogens with zero attached hydrogens (tertiary/aromatic N) is 1. The Morgan fingerprint density at radius 3 is 2.38 bits per heavy atom. The van der Waals surface area contributed by atoms with Crippen molar-refractivity contribution in [2.24, 2.45) is 5.73 Å². The first-order chi connectivity index (χ1) is 13.1. The number of carbonyl (C=O) groups excluding carboxylic acids is 1. The number of hydrogen-bond donors (Lipinski definition) is 2. The summed E-state index contributed by atoms with van der Waals surface area (Å²) in [7, 11) is 0. The molecule has 1 heterocycles. The van der Waals surface area contributed by atoms with Crippen LogP contribution in [-0.4, -0.2) is 23.4 Å². The van der Waals surface area contributed by atoms with Gasteiger partial charge in [0, 0.05) is 31.6 Å². The summed E-state index contributed by atoms with van der Waals surface area (Å²) in [4.78, 5) is 14.7. The molecule has 29 heavy (non-hydrogen) atoms. The van der Waals surface area contributed by atoms with E-state index in [-0.39, 0.29) is 36.8 Å². The Balaban J connectivity index is 0.00000210. The molecule has 1 saturated heterocycles. The maximum Gasteiger partial charge on any atom is 0.222 e. The zero-order valence-electron chi connectivity index (χ0n) is 17.0. The summed E-state index contributed by atoms with van der Waals surface area (Å²) in [5.41, 5.74) is 9.56. The van der Waals surface area contributed by atoms with Crippen LogP contribution in [0.25, 0.3) is 0 Å². The number of rotatable bonds is 7. The van der Waals surface area contributed by atoms with E-state index in [2.05, 4.69) is 41.4 Å². The zero-order chi connectivity index (χ0) is 19.1. The number of piperidine rings is 1. The Kier molecular flexibility index (Phi) is 11.3. The van der Waals surface area contributed by atoms with Crippen LogP contribution in [0.3, 0.4) is 0 Å². The largest absolute Gasteiger partial charge is 0.352 e. The summed E-state index contributed by atoms with van der Waals surface area (Å²) in [5.74, 6) is -0.0161. The van der Waals surface area contributed by atoms with Crippen molar-refractivity contribution in [3.8, 4) is 0 Å². The van der Waals surface area contributed by atoms with E-state index in [9.17, 15) is 4.79 Å². The van der Waals surface area contributed by atoms with Crippen LogP contribution in [-0.2, 0) is 17.9 Å². The van der Waals surface area contributed by atoms with Crippen molar-refractivity contribution in [1.82, 2.24) is 10.2 Å². The third kappa shape index (κ3) is 7.98. The first-order valence-corrected chi connectivity index (χ1v) is 10.0. The van der Waals surface area contributed by atoms with Crippen LogP contribution >= 0.6 is 24.8 Å². The smallest absolute Gasteiger partial charge is 0.222 e. The Morgan fingerprint density at radius 1 is 1.07 bits per heavy atom. The highest BCUT2D eigenvalue weighted by Crippen LogP contribution is 2.19. The molecular weight excluding hydrogens is 405 g/mol. The molecule has 1 amide bonds. The molecule has 3 rings (SSSR count). The summed E-state index contributed by atoms with van der Waals surface area (Å²) in [5, 5.41) is 2.98. The molecular formula is C23H33Cl2N3O. The molecule has 4 nitrogen and oxygen atoms in total. The standard InChI is InChI=1S/C23H31N3O.2ClH/c1-18-7-5-6-14-26(18)17-20-12-10-19(11-13-20)16-25-23(27)15-22(24)21-8-3-2-4-9-21;;/h2-4,8-13,18,22H,5-7,14-17,24H2,1H3,(H,25,27);2*1H. The molecule has 0 bridgehead atoms. The van der Waals surface area contributed by atoms with E-state index in [1.165, 1.54) is 31.4 Å². The Bertz CT molecular complexity index is 725. The first-order valence-electron chi connectivity index (χ1n) is 10.0. The molecule has 3 N–H and O–H groups in total. The predicted molar refractivity (Wildman–Crippen MR) is 124 cm³/mol. The Morgan fingerprint density at radius 2 is 1.72 bits per heavy atom.